The number of nitrogens with zero attached hydrogens (tertiary/aromatic N) is 5. The van der Waals surface area contributed by atoms with Crippen LogP contribution < -0.4 is 25.0 Å². The minimum Gasteiger partial charge on any atom is -0.870 e. The van der Waals surface area contributed by atoms with Crippen molar-refractivity contribution in [3.8, 4) is 23.0 Å². The van der Waals surface area contributed by atoms with Gasteiger partial charge in [-0.1, -0.05) is 35.8 Å². The summed E-state index contributed by atoms with van der Waals surface area (Å²) in [6.07, 6.45) is 3.12. The topological polar surface area (TPSA) is 160 Å². The number of hydrogen-bond acceptors (Lipinski definition) is 7. The molecular weight excluding hydrogens is 444 g/mol. The van der Waals surface area contributed by atoms with Gasteiger partial charge in [0.25, 0.3) is 0 Å². The Kier molecular flexibility index (Phi) is 14.8. The van der Waals surface area contributed by atoms with Crippen LogP contribution in [0.1, 0.15) is 11.1 Å². The molecule has 11 heteroatoms. The van der Waals surface area contributed by atoms with E-state index in [9.17, 15) is 10.2 Å². The van der Waals surface area contributed by atoms with Crippen LogP contribution in [0.4, 0.5) is 0 Å². The molecule has 0 heterocycles. The van der Waals surface area contributed by atoms with Crippen molar-refractivity contribution in [2.24, 2.45) is 9.98 Å². The minimum absolute atomic E-state index is 0. The van der Waals surface area contributed by atoms with Crippen molar-refractivity contribution in [3.05, 3.63) is 63.5 Å². The van der Waals surface area contributed by atoms with Gasteiger partial charge in [0.05, 0.1) is 27.3 Å². The van der Waals surface area contributed by atoms with E-state index in [2.05, 4.69) is 15.3 Å². The second-order valence-corrected chi connectivity index (χ2v) is 5.67. The summed E-state index contributed by atoms with van der Waals surface area (Å²) in [6.45, 7) is 2.41. The van der Waals surface area contributed by atoms with Gasteiger partial charge in [0.15, 0.2) is 0 Å². The van der Waals surface area contributed by atoms with Crippen LogP contribution in [0.25, 0.3) is 16.0 Å². The molecule has 0 saturated heterocycles. The molecule has 0 aliphatic rings. The molecular formula is C20H23FeN6O4+. The van der Waals surface area contributed by atoms with Crippen LogP contribution in [-0.2, 0) is 17.1 Å². The molecule has 0 aliphatic heterocycles. The monoisotopic (exact) mass is 467 g/mol. The third kappa shape index (κ3) is 9.88. The number of para-hydroxylation sites is 2. The standard InChI is InChI=1S/C20H25N3O4.Fe.N3/c1-26-17-7-3-5-15(19(17)24)13-22-11-9-21-10-12-23-14-16-6-4-8-18(27-2)20(16)25;;1-3-2/h3-8,13-14,21,24-25H,9-12H2,1-2H3;;/q;+4;-1/p-2. The first-order chi connectivity index (χ1) is 14.6. The Balaban J connectivity index is 0.00000212. The molecule has 164 valence electrons. The van der Waals surface area contributed by atoms with Gasteiger partial charge in [-0.2, -0.15) is 0 Å². The van der Waals surface area contributed by atoms with E-state index in [0.29, 0.717) is 48.8 Å². The van der Waals surface area contributed by atoms with Gasteiger partial charge in [-0.3, -0.25) is 14.9 Å². The number of ether oxygens (including phenoxy) is 2. The molecule has 1 N–H and O–H groups in total. The molecule has 0 bridgehead atoms. The van der Waals surface area contributed by atoms with Gasteiger partial charge >= 0.3 is 17.1 Å². The Labute approximate surface area is 191 Å². The Morgan fingerprint density at radius 2 is 1.26 bits per heavy atom. The maximum absolute atomic E-state index is 11.9. The molecule has 2 rings (SSSR count). The molecule has 31 heavy (non-hydrogen) atoms. The number of benzene rings is 2. The van der Waals surface area contributed by atoms with Crippen LogP contribution in [0.2, 0.25) is 0 Å². The van der Waals surface area contributed by atoms with Crippen molar-refractivity contribution in [3.63, 3.8) is 0 Å². The van der Waals surface area contributed by atoms with Crippen molar-refractivity contribution in [2.45, 2.75) is 0 Å². The van der Waals surface area contributed by atoms with Gasteiger partial charge in [-0.15, -0.1) is 0 Å². The Morgan fingerprint density at radius 3 is 1.61 bits per heavy atom. The van der Waals surface area contributed by atoms with Crippen molar-refractivity contribution >= 4 is 12.4 Å². The number of hydrogen-bond donors (Lipinski definition) is 1. The van der Waals surface area contributed by atoms with Crippen molar-refractivity contribution in [1.82, 2.24) is 5.32 Å². The predicted octanol–water partition coefficient (Wildman–Crippen LogP) is 1.84. The zero-order valence-corrected chi connectivity index (χ0v) is 18.3. The first kappa shape index (κ1) is 27.8. The van der Waals surface area contributed by atoms with Crippen LogP contribution in [0.15, 0.2) is 46.4 Å². The molecule has 2 aromatic rings. The van der Waals surface area contributed by atoms with E-state index in [-0.39, 0.29) is 28.6 Å². The van der Waals surface area contributed by atoms with Crippen LogP contribution in [0, 0.1) is 0 Å². The van der Waals surface area contributed by atoms with Gasteiger partial charge in [-0.25, -0.2) is 0 Å². The summed E-state index contributed by atoms with van der Waals surface area (Å²) in [6, 6.07) is 10.2. The van der Waals surface area contributed by atoms with Crippen LogP contribution in [-0.4, -0.2) is 52.8 Å². The molecule has 0 saturated carbocycles. The molecule has 0 amide bonds. The fourth-order valence-electron chi connectivity index (χ4n) is 2.33. The normalized spacial score (nSPS) is 10.1. The number of methoxy groups -OCH3 is 2. The van der Waals surface area contributed by atoms with Gasteiger partial charge in [0.2, 0.25) is 0 Å². The first-order valence-electron chi connectivity index (χ1n) is 8.95. The summed E-state index contributed by atoms with van der Waals surface area (Å²) in [4.78, 5) is 9.97. The average molecular weight is 467 g/mol. The summed E-state index contributed by atoms with van der Waals surface area (Å²) in [5, 5.41) is 27.1. The molecule has 0 radical (unpaired) electrons. The Hall–Kier alpha value is -3.23. The van der Waals surface area contributed by atoms with E-state index in [1.165, 1.54) is 19.1 Å². The van der Waals surface area contributed by atoms with Gasteiger partial charge in [0, 0.05) is 25.5 Å². The van der Waals surface area contributed by atoms with Crippen molar-refractivity contribution < 1.29 is 36.8 Å². The number of nitrogens with one attached hydrogen (secondary N) is 1. The molecule has 10 nitrogen and oxygen atoms in total. The molecule has 0 unspecified atom stereocenters. The second-order valence-electron chi connectivity index (χ2n) is 5.67. The molecule has 0 aromatic heterocycles. The Morgan fingerprint density at radius 1 is 0.871 bits per heavy atom. The molecule has 2 aromatic carbocycles. The van der Waals surface area contributed by atoms with E-state index in [1.807, 2.05) is 0 Å². The number of rotatable bonds is 10. The number of aliphatic imine (C=N–C) groups is 2. The predicted molar refractivity (Wildman–Crippen MR) is 113 cm³/mol. The molecule has 0 spiro atoms. The van der Waals surface area contributed by atoms with E-state index >= 15 is 0 Å². The van der Waals surface area contributed by atoms with Gasteiger partial charge in [-0.05, 0) is 23.3 Å². The quantitative estimate of drug-likeness (QED) is 0.141. The fraction of sp³-hybridized carbons (Fsp3) is 0.300. The minimum atomic E-state index is -0.165. The SMILES string of the molecule is COc1cccc(C=NCCNCCN=Cc2cccc(OC)c2[O-])c1[O-].[Fe+4].[N-]=[N+]=[N-]. The Bertz CT molecular complexity index is 820. The summed E-state index contributed by atoms with van der Waals surface area (Å²) in [5.74, 6) is 0.294. The van der Waals surface area contributed by atoms with Crippen LogP contribution in [0.3, 0.4) is 0 Å². The zero-order chi connectivity index (χ0) is 22.2. The van der Waals surface area contributed by atoms with Crippen molar-refractivity contribution in [2.75, 3.05) is 40.4 Å². The van der Waals surface area contributed by atoms with Crippen molar-refractivity contribution in [1.29, 1.82) is 0 Å². The summed E-state index contributed by atoms with van der Waals surface area (Å²) >= 11 is 0. The fourth-order valence-corrected chi connectivity index (χ4v) is 2.33. The van der Waals surface area contributed by atoms with E-state index in [0.717, 1.165) is 0 Å². The average Bonchev–Trinajstić information content (AvgIpc) is 2.75. The third-order valence-corrected chi connectivity index (χ3v) is 3.75. The smallest absolute Gasteiger partial charge is 0.870 e. The summed E-state index contributed by atoms with van der Waals surface area (Å²) in [7, 11) is 2.94. The molecule has 0 fully saturated rings. The van der Waals surface area contributed by atoms with E-state index in [1.54, 1.807) is 48.8 Å². The van der Waals surface area contributed by atoms with Gasteiger partial charge < -0.3 is 36.1 Å². The van der Waals surface area contributed by atoms with E-state index in [4.69, 9.17) is 20.5 Å². The third-order valence-electron chi connectivity index (χ3n) is 3.75. The molecule has 0 atom stereocenters. The summed E-state index contributed by atoms with van der Waals surface area (Å²) < 4.78 is 9.99. The van der Waals surface area contributed by atoms with E-state index < -0.39 is 0 Å². The second kappa shape index (κ2) is 16.6. The maximum atomic E-state index is 11.9. The van der Waals surface area contributed by atoms with Gasteiger partial charge in [0.1, 0.15) is 11.5 Å². The zero-order valence-electron chi connectivity index (χ0n) is 17.2. The largest absolute Gasteiger partial charge is 4.00 e. The molecule has 0 aliphatic carbocycles. The first-order valence-corrected chi connectivity index (χ1v) is 8.95. The maximum Gasteiger partial charge on any atom is 4.00 e. The van der Waals surface area contributed by atoms with Crippen LogP contribution >= 0.6 is 0 Å². The van der Waals surface area contributed by atoms with Crippen LogP contribution in [0.5, 0.6) is 23.0 Å². The summed E-state index contributed by atoms with van der Waals surface area (Å²) in [5.41, 5.74) is 14.5.